The largest absolute Gasteiger partial charge is 0.355 e. The van der Waals surface area contributed by atoms with Crippen molar-refractivity contribution < 1.29 is 0 Å². The molecule has 1 aliphatic carbocycles. The van der Waals surface area contributed by atoms with Crippen LogP contribution in [0.4, 0.5) is 0 Å². The van der Waals surface area contributed by atoms with E-state index >= 15 is 0 Å². The van der Waals surface area contributed by atoms with Gasteiger partial charge in [0.2, 0.25) is 0 Å². The van der Waals surface area contributed by atoms with Gasteiger partial charge < -0.3 is 15.5 Å². The third-order valence-electron chi connectivity index (χ3n) is 5.46. The minimum Gasteiger partial charge on any atom is -0.355 e. The minimum atomic E-state index is 0. The smallest absolute Gasteiger partial charge is 0.191 e. The first-order chi connectivity index (χ1) is 10.6. The first-order valence-corrected chi connectivity index (χ1v) is 9.75. The number of nitrogens with one attached hydrogen (secondary N) is 2. The number of halogens is 1. The van der Waals surface area contributed by atoms with Gasteiger partial charge in [-0.05, 0) is 45.5 Å². The fraction of sp³-hybridized carbons (Fsp3) is 0.938. The third-order valence-corrected chi connectivity index (χ3v) is 6.70. The quantitative estimate of drug-likeness (QED) is 0.375. The summed E-state index contributed by atoms with van der Waals surface area (Å²) < 4.78 is 0. The Bertz CT molecular complexity index is 407. The Hall–Kier alpha value is 0.270. The van der Waals surface area contributed by atoms with Crippen molar-refractivity contribution in [2.45, 2.75) is 43.3 Å². The van der Waals surface area contributed by atoms with Gasteiger partial charge in [-0.25, -0.2) is 0 Å². The van der Waals surface area contributed by atoms with Crippen molar-refractivity contribution in [3.63, 3.8) is 0 Å². The predicted octanol–water partition coefficient (Wildman–Crippen LogP) is 1.44. The van der Waals surface area contributed by atoms with Gasteiger partial charge in [0.05, 0.1) is 0 Å². The summed E-state index contributed by atoms with van der Waals surface area (Å²) in [4.78, 5) is 9.46. The molecular weight excluding hydrogens is 421 g/mol. The maximum atomic E-state index is 4.44. The Morgan fingerprint density at radius 1 is 1.35 bits per heavy atom. The van der Waals surface area contributed by atoms with E-state index in [1.165, 1.54) is 50.3 Å². The van der Waals surface area contributed by atoms with E-state index in [9.17, 15) is 0 Å². The Kier molecular flexibility index (Phi) is 7.31. The fourth-order valence-electron chi connectivity index (χ4n) is 3.56. The Morgan fingerprint density at radius 2 is 2.13 bits per heavy atom. The fourth-order valence-corrected chi connectivity index (χ4v) is 5.11. The summed E-state index contributed by atoms with van der Waals surface area (Å²) in [6, 6.07) is 1.44. The second kappa shape index (κ2) is 8.58. The van der Waals surface area contributed by atoms with Crippen LogP contribution in [0.15, 0.2) is 4.99 Å². The zero-order valence-electron chi connectivity index (χ0n) is 14.7. The van der Waals surface area contributed by atoms with Crippen LogP contribution in [0.1, 0.15) is 25.7 Å². The number of rotatable bonds is 5. The summed E-state index contributed by atoms with van der Waals surface area (Å²) in [6.45, 7) is 3.41. The van der Waals surface area contributed by atoms with Crippen LogP contribution >= 0.6 is 35.7 Å². The number of thioether (sulfide) groups is 1. The van der Waals surface area contributed by atoms with Gasteiger partial charge in [0, 0.05) is 50.1 Å². The molecule has 0 spiro atoms. The molecule has 0 aromatic carbocycles. The monoisotopic (exact) mass is 453 g/mol. The molecule has 2 saturated heterocycles. The van der Waals surface area contributed by atoms with E-state index in [4.69, 9.17) is 0 Å². The molecule has 23 heavy (non-hydrogen) atoms. The number of likely N-dealkylation sites (N-methyl/N-ethyl adjacent to an activating group) is 1. The Balaban J connectivity index is 0.00000192. The van der Waals surface area contributed by atoms with E-state index in [0.717, 1.165) is 18.5 Å². The summed E-state index contributed by atoms with van der Waals surface area (Å²) in [6.07, 6.45) is 5.31. The summed E-state index contributed by atoms with van der Waals surface area (Å²) in [5.74, 6) is 3.45. The first kappa shape index (κ1) is 19.6. The van der Waals surface area contributed by atoms with Crippen LogP contribution in [0, 0.1) is 0 Å². The van der Waals surface area contributed by atoms with Gasteiger partial charge in [-0.1, -0.05) is 0 Å². The van der Waals surface area contributed by atoms with E-state index in [2.05, 4.69) is 51.3 Å². The standard InChI is InChI=1S/C16H31N5S.HI/c1-17-15(18-11-16(20(2)3)7-9-22-12-16)19-13-6-8-21(10-13)14-4-5-14;/h13-14H,4-12H2,1-3H3,(H2,17,18,19);1H. The first-order valence-electron chi connectivity index (χ1n) is 8.59. The molecule has 134 valence electrons. The third kappa shape index (κ3) is 4.89. The normalized spacial score (nSPS) is 32.2. The zero-order valence-corrected chi connectivity index (χ0v) is 17.8. The van der Waals surface area contributed by atoms with E-state index in [0.29, 0.717) is 6.04 Å². The summed E-state index contributed by atoms with van der Waals surface area (Å²) in [5, 5.41) is 7.22. The van der Waals surface area contributed by atoms with Crippen LogP contribution in [0.2, 0.25) is 0 Å². The van der Waals surface area contributed by atoms with Gasteiger partial charge in [-0.2, -0.15) is 11.8 Å². The van der Waals surface area contributed by atoms with Crippen molar-refractivity contribution in [2.24, 2.45) is 4.99 Å². The summed E-state index contributed by atoms with van der Waals surface area (Å²) in [5.41, 5.74) is 0.276. The number of hydrogen-bond donors (Lipinski definition) is 2. The van der Waals surface area contributed by atoms with Gasteiger partial charge in [0.25, 0.3) is 0 Å². The van der Waals surface area contributed by atoms with Crippen LogP contribution in [-0.2, 0) is 0 Å². The lowest BCUT2D eigenvalue weighted by Crippen LogP contribution is -2.55. The molecule has 2 atom stereocenters. The molecule has 0 amide bonds. The highest BCUT2D eigenvalue weighted by molar-refractivity contribution is 14.0. The molecule has 1 saturated carbocycles. The van der Waals surface area contributed by atoms with E-state index in [1.54, 1.807) is 0 Å². The number of hydrogen-bond acceptors (Lipinski definition) is 4. The minimum absolute atomic E-state index is 0. The van der Waals surface area contributed by atoms with Crippen molar-refractivity contribution in [1.82, 2.24) is 20.4 Å². The number of likely N-dealkylation sites (tertiary alicyclic amines) is 1. The van der Waals surface area contributed by atoms with Gasteiger partial charge in [0.15, 0.2) is 5.96 Å². The van der Waals surface area contributed by atoms with Crippen molar-refractivity contribution in [3.8, 4) is 0 Å². The molecule has 2 aliphatic heterocycles. The number of aliphatic imine (C=N–C) groups is 1. The number of guanidine groups is 1. The highest BCUT2D eigenvalue weighted by Gasteiger charge is 2.37. The lowest BCUT2D eigenvalue weighted by molar-refractivity contribution is 0.183. The average Bonchev–Trinajstić information content (AvgIpc) is 3.06. The molecule has 0 aromatic rings. The van der Waals surface area contributed by atoms with Gasteiger partial charge in [0.1, 0.15) is 0 Å². The van der Waals surface area contributed by atoms with Crippen LogP contribution in [-0.4, -0.2) is 85.7 Å². The summed E-state index contributed by atoms with van der Waals surface area (Å²) in [7, 11) is 6.29. The molecule has 0 radical (unpaired) electrons. The van der Waals surface area contributed by atoms with Crippen LogP contribution in [0.25, 0.3) is 0 Å². The van der Waals surface area contributed by atoms with Crippen molar-refractivity contribution >= 4 is 41.7 Å². The number of nitrogens with zero attached hydrogens (tertiary/aromatic N) is 3. The molecular formula is C16H32IN5S. The lowest BCUT2D eigenvalue weighted by atomic mass is 9.97. The molecule has 5 nitrogen and oxygen atoms in total. The molecule has 3 fully saturated rings. The Labute approximate surface area is 162 Å². The molecule has 0 bridgehead atoms. The summed E-state index contributed by atoms with van der Waals surface area (Å²) >= 11 is 2.06. The maximum absolute atomic E-state index is 4.44. The highest BCUT2D eigenvalue weighted by atomic mass is 127. The van der Waals surface area contributed by atoms with Crippen molar-refractivity contribution in [2.75, 3.05) is 52.3 Å². The van der Waals surface area contributed by atoms with E-state index < -0.39 is 0 Å². The SMILES string of the molecule is CN=C(NCC1(N(C)C)CCSC1)NC1CCN(C2CC2)C1.I. The molecule has 2 heterocycles. The Morgan fingerprint density at radius 3 is 2.70 bits per heavy atom. The molecule has 7 heteroatoms. The highest BCUT2D eigenvalue weighted by Crippen LogP contribution is 2.31. The molecule has 3 rings (SSSR count). The molecule has 3 aliphatic rings. The second-order valence-electron chi connectivity index (χ2n) is 7.20. The topological polar surface area (TPSA) is 42.9 Å². The molecule has 0 aromatic heterocycles. The van der Waals surface area contributed by atoms with Crippen molar-refractivity contribution in [1.29, 1.82) is 0 Å². The predicted molar refractivity (Wildman–Crippen MR) is 111 cm³/mol. The van der Waals surface area contributed by atoms with Gasteiger partial charge in [-0.3, -0.25) is 9.89 Å². The van der Waals surface area contributed by atoms with Gasteiger partial charge in [-0.15, -0.1) is 24.0 Å². The van der Waals surface area contributed by atoms with Crippen molar-refractivity contribution in [3.05, 3.63) is 0 Å². The second-order valence-corrected chi connectivity index (χ2v) is 8.31. The lowest BCUT2D eigenvalue weighted by Gasteiger charge is -2.36. The maximum Gasteiger partial charge on any atom is 0.191 e. The average molecular weight is 453 g/mol. The van der Waals surface area contributed by atoms with Gasteiger partial charge >= 0.3 is 0 Å². The zero-order chi connectivity index (χ0) is 15.6. The van der Waals surface area contributed by atoms with Crippen LogP contribution < -0.4 is 10.6 Å². The molecule has 2 unspecified atom stereocenters. The van der Waals surface area contributed by atoms with Crippen LogP contribution in [0.3, 0.4) is 0 Å². The van der Waals surface area contributed by atoms with E-state index in [-0.39, 0.29) is 29.5 Å². The van der Waals surface area contributed by atoms with E-state index in [1.807, 2.05) is 7.05 Å². The molecule has 2 N–H and O–H groups in total. The van der Waals surface area contributed by atoms with Crippen LogP contribution in [0.5, 0.6) is 0 Å².